The smallest absolute Gasteiger partial charge is 0.336 e. The third kappa shape index (κ3) is 6.15. The normalized spacial score (nSPS) is 11.5. The fourth-order valence-electron chi connectivity index (χ4n) is 4.52. The average molecular weight is 495 g/mol. The summed E-state index contributed by atoms with van der Waals surface area (Å²) in [5.74, 6) is -0.472. The number of unbranched alkanes of at least 4 members (excludes halogenated alkanes) is 1. The molecule has 0 amide bonds. The predicted octanol–water partition coefficient (Wildman–Crippen LogP) is 5.74. The van der Waals surface area contributed by atoms with Gasteiger partial charge in [0.2, 0.25) is 0 Å². The molecule has 0 fully saturated rings. The second kappa shape index (κ2) is 12.7. The van der Waals surface area contributed by atoms with Gasteiger partial charge in [0.15, 0.2) is 6.29 Å². The molecule has 0 aliphatic rings. The van der Waals surface area contributed by atoms with E-state index in [1.807, 2.05) is 45.5 Å². The van der Waals surface area contributed by atoms with Crippen LogP contribution in [0, 0.1) is 5.92 Å². The molecule has 3 rings (SSSR count). The van der Waals surface area contributed by atoms with E-state index in [1.54, 1.807) is 26.4 Å². The summed E-state index contributed by atoms with van der Waals surface area (Å²) in [6.45, 7) is 7.48. The van der Waals surface area contributed by atoms with Crippen molar-refractivity contribution >= 4 is 5.97 Å². The highest BCUT2D eigenvalue weighted by Crippen LogP contribution is 2.27. The van der Waals surface area contributed by atoms with Crippen LogP contribution in [0.15, 0.2) is 53.3 Å². The van der Waals surface area contributed by atoms with E-state index >= 15 is 0 Å². The van der Waals surface area contributed by atoms with Crippen LogP contribution >= 0.6 is 0 Å². The summed E-state index contributed by atoms with van der Waals surface area (Å²) in [5.41, 5.74) is 4.40. The first-order valence-corrected chi connectivity index (χ1v) is 12.6. The lowest BCUT2D eigenvalue weighted by atomic mass is 9.98. The maximum Gasteiger partial charge on any atom is 0.336 e. The van der Waals surface area contributed by atoms with E-state index in [0.29, 0.717) is 24.6 Å². The summed E-state index contributed by atoms with van der Waals surface area (Å²) in [4.78, 5) is 25.3. The zero-order valence-corrected chi connectivity index (χ0v) is 22.0. The summed E-state index contributed by atoms with van der Waals surface area (Å²) >= 11 is 0. The largest absolute Gasteiger partial charge is 0.478 e. The van der Waals surface area contributed by atoms with Crippen molar-refractivity contribution < 1.29 is 19.4 Å². The van der Waals surface area contributed by atoms with Gasteiger partial charge in [0.05, 0.1) is 17.8 Å². The first-order chi connectivity index (χ1) is 17.3. The minimum atomic E-state index is -0.956. The van der Waals surface area contributed by atoms with Crippen molar-refractivity contribution in [1.82, 2.24) is 9.13 Å². The van der Waals surface area contributed by atoms with E-state index in [1.165, 1.54) is 0 Å². The van der Waals surface area contributed by atoms with E-state index in [4.69, 9.17) is 9.47 Å². The van der Waals surface area contributed by atoms with Crippen molar-refractivity contribution in [3.05, 3.63) is 81.5 Å². The van der Waals surface area contributed by atoms with E-state index < -0.39 is 12.3 Å². The third-order valence-electron chi connectivity index (χ3n) is 6.48. The molecule has 0 saturated carbocycles. The van der Waals surface area contributed by atoms with Gasteiger partial charge >= 0.3 is 11.7 Å². The van der Waals surface area contributed by atoms with Gasteiger partial charge in [-0.15, -0.1) is 0 Å². The first kappa shape index (κ1) is 27.4. The maximum absolute atomic E-state index is 13.7. The monoisotopic (exact) mass is 494 g/mol. The van der Waals surface area contributed by atoms with Gasteiger partial charge in [-0.05, 0) is 47.9 Å². The van der Waals surface area contributed by atoms with Crippen LogP contribution in [0.4, 0.5) is 0 Å². The number of imidazole rings is 1. The standard InChI is InChI=1S/C29H38N2O5/c1-6-7-18-30-26(28(35-4)36-5)25(17-12-20(2)3)31(29(30)34)19-21-13-15-22(16-14-21)23-10-8-9-11-24(23)27(32)33/h8-11,13-16,20,28H,6-7,12,17-19H2,1-5H3,(H,32,33). The molecule has 0 saturated heterocycles. The minimum Gasteiger partial charge on any atom is -0.478 e. The van der Waals surface area contributed by atoms with Crippen LogP contribution < -0.4 is 5.69 Å². The Balaban J connectivity index is 2.04. The van der Waals surface area contributed by atoms with Gasteiger partial charge in [-0.25, -0.2) is 9.59 Å². The van der Waals surface area contributed by atoms with Crippen LogP contribution in [0.1, 0.15) is 73.6 Å². The molecular formula is C29H38N2O5. The second-order valence-electron chi connectivity index (χ2n) is 9.49. The van der Waals surface area contributed by atoms with Gasteiger partial charge < -0.3 is 14.6 Å². The lowest BCUT2D eigenvalue weighted by Crippen LogP contribution is -2.26. The molecule has 0 aliphatic heterocycles. The number of ether oxygens (including phenoxy) is 2. The number of aromatic carboxylic acids is 1. The lowest BCUT2D eigenvalue weighted by molar-refractivity contribution is -0.111. The summed E-state index contributed by atoms with van der Waals surface area (Å²) < 4.78 is 14.9. The Labute approximate surface area is 213 Å². The fourth-order valence-corrected chi connectivity index (χ4v) is 4.52. The molecule has 1 N–H and O–H groups in total. The topological polar surface area (TPSA) is 82.7 Å². The number of nitrogens with zero attached hydrogens (tertiary/aromatic N) is 2. The average Bonchev–Trinajstić information content (AvgIpc) is 3.13. The Bertz CT molecular complexity index is 1200. The number of hydrogen-bond donors (Lipinski definition) is 1. The molecule has 0 unspecified atom stereocenters. The molecule has 0 aliphatic carbocycles. The van der Waals surface area contributed by atoms with Crippen LogP contribution in [0.5, 0.6) is 0 Å². The van der Waals surface area contributed by atoms with Gasteiger partial charge in [0.1, 0.15) is 0 Å². The number of rotatable bonds is 13. The number of benzene rings is 2. The van der Waals surface area contributed by atoms with Gasteiger partial charge in [-0.1, -0.05) is 69.7 Å². The molecule has 0 radical (unpaired) electrons. The van der Waals surface area contributed by atoms with E-state index in [2.05, 4.69) is 20.8 Å². The summed E-state index contributed by atoms with van der Waals surface area (Å²) in [7, 11) is 3.19. The van der Waals surface area contributed by atoms with Crippen molar-refractivity contribution in [2.24, 2.45) is 5.92 Å². The van der Waals surface area contributed by atoms with Crippen molar-refractivity contribution in [3.8, 4) is 11.1 Å². The number of methoxy groups -OCH3 is 2. The molecule has 0 atom stereocenters. The number of carboxylic acid groups (broad SMARTS) is 1. The minimum absolute atomic E-state index is 0.0587. The quantitative estimate of drug-likeness (QED) is 0.306. The number of aromatic nitrogens is 2. The van der Waals surface area contributed by atoms with Crippen LogP contribution in [0.3, 0.4) is 0 Å². The van der Waals surface area contributed by atoms with Gasteiger partial charge in [0.25, 0.3) is 0 Å². The third-order valence-corrected chi connectivity index (χ3v) is 6.48. The number of hydrogen-bond acceptors (Lipinski definition) is 4. The maximum atomic E-state index is 13.7. The molecule has 3 aromatic rings. The summed E-state index contributed by atoms with van der Waals surface area (Å²) in [6.07, 6.45) is 2.93. The van der Waals surface area contributed by atoms with Gasteiger partial charge in [-0.2, -0.15) is 0 Å². The van der Waals surface area contributed by atoms with Crippen molar-refractivity contribution in [1.29, 1.82) is 0 Å². The van der Waals surface area contributed by atoms with Gasteiger partial charge in [0, 0.05) is 26.5 Å². The molecule has 7 heteroatoms. The fraction of sp³-hybridized carbons (Fsp3) is 0.448. The van der Waals surface area contributed by atoms with Gasteiger partial charge in [-0.3, -0.25) is 9.13 Å². The summed E-state index contributed by atoms with van der Waals surface area (Å²) in [5, 5.41) is 9.54. The Morgan fingerprint density at radius 3 is 2.25 bits per heavy atom. The molecule has 194 valence electrons. The Morgan fingerprint density at radius 1 is 1.00 bits per heavy atom. The highest BCUT2D eigenvalue weighted by Gasteiger charge is 2.26. The molecule has 1 heterocycles. The van der Waals surface area contributed by atoms with E-state index in [-0.39, 0.29) is 11.3 Å². The van der Waals surface area contributed by atoms with Crippen molar-refractivity contribution in [2.75, 3.05) is 14.2 Å². The Kier molecular flexibility index (Phi) is 9.67. The second-order valence-corrected chi connectivity index (χ2v) is 9.49. The van der Waals surface area contributed by atoms with Crippen molar-refractivity contribution in [3.63, 3.8) is 0 Å². The molecule has 7 nitrogen and oxygen atoms in total. The van der Waals surface area contributed by atoms with Crippen LogP contribution in [0.2, 0.25) is 0 Å². The molecule has 36 heavy (non-hydrogen) atoms. The van der Waals surface area contributed by atoms with Crippen LogP contribution in [-0.2, 0) is 29.0 Å². The van der Waals surface area contributed by atoms with E-state index in [0.717, 1.165) is 48.2 Å². The molecular weight excluding hydrogens is 456 g/mol. The van der Waals surface area contributed by atoms with Crippen LogP contribution in [-0.4, -0.2) is 34.4 Å². The van der Waals surface area contributed by atoms with E-state index in [9.17, 15) is 14.7 Å². The zero-order valence-electron chi connectivity index (χ0n) is 22.0. The van der Waals surface area contributed by atoms with Crippen molar-refractivity contribution in [2.45, 2.75) is 65.8 Å². The Hall–Kier alpha value is -3.16. The first-order valence-electron chi connectivity index (χ1n) is 12.6. The molecule has 1 aromatic heterocycles. The highest BCUT2D eigenvalue weighted by molar-refractivity contribution is 5.95. The molecule has 0 spiro atoms. The SMILES string of the molecule is CCCCn1c(C(OC)OC)c(CCC(C)C)n(Cc2ccc(-c3ccccc3C(=O)O)cc2)c1=O. The molecule has 0 bridgehead atoms. The zero-order chi connectivity index (χ0) is 26.2. The predicted molar refractivity (Wildman–Crippen MR) is 141 cm³/mol. The number of carboxylic acids is 1. The number of carbonyl (C=O) groups is 1. The summed E-state index contributed by atoms with van der Waals surface area (Å²) in [6, 6.07) is 14.7. The Morgan fingerprint density at radius 2 is 1.67 bits per heavy atom. The van der Waals surface area contributed by atoms with Crippen LogP contribution in [0.25, 0.3) is 11.1 Å². The molecule has 2 aromatic carbocycles. The lowest BCUT2D eigenvalue weighted by Gasteiger charge is -2.18. The highest BCUT2D eigenvalue weighted by atomic mass is 16.7.